The fourth-order valence-electron chi connectivity index (χ4n) is 2.04. The molecule has 0 aliphatic heterocycles. The van der Waals surface area contributed by atoms with Crippen LogP contribution in [0.25, 0.3) is 10.9 Å². The number of aromatic nitrogens is 1. The maximum absolute atomic E-state index is 11.0. The average molecular weight is 258 g/mol. The highest BCUT2D eigenvalue weighted by Gasteiger charge is 2.17. The number of anilines is 1. The lowest BCUT2D eigenvalue weighted by atomic mass is 10.2. The van der Waals surface area contributed by atoms with Crippen LogP contribution in [0.1, 0.15) is 20.3 Å². The van der Waals surface area contributed by atoms with Gasteiger partial charge in [0.25, 0.3) is 0 Å². The quantitative estimate of drug-likeness (QED) is 0.896. The molecular weight excluding hydrogens is 240 g/mol. The number of rotatable bonds is 5. The molecule has 1 aromatic carbocycles. The number of benzene rings is 1. The van der Waals surface area contributed by atoms with Gasteiger partial charge < -0.3 is 10.0 Å². The first kappa shape index (κ1) is 13.3. The van der Waals surface area contributed by atoms with Gasteiger partial charge in [0.15, 0.2) is 0 Å². The van der Waals surface area contributed by atoms with Crippen LogP contribution in [-0.2, 0) is 4.79 Å². The number of carbonyl (C=O) groups is 1. The van der Waals surface area contributed by atoms with Crippen LogP contribution in [0.15, 0.2) is 36.4 Å². The Morgan fingerprint density at radius 3 is 2.74 bits per heavy atom. The first-order valence-corrected chi connectivity index (χ1v) is 6.46. The van der Waals surface area contributed by atoms with Gasteiger partial charge in [-0.2, -0.15) is 0 Å². The second kappa shape index (κ2) is 5.69. The summed E-state index contributed by atoms with van der Waals surface area (Å²) in [6, 6.07) is 11.8. The summed E-state index contributed by atoms with van der Waals surface area (Å²) >= 11 is 0. The summed E-state index contributed by atoms with van der Waals surface area (Å²) in [6.07, 6.45) is 0.877. The second-order valence-electron chi connectivity index (χ2n) is 4.64. The molecule has 2 aromatic rings. The zero-order chi connectivity index (χ0) is 13.8. The van der Waals surface area contributed by atoms with Crippen molar-refractivity contribution in [3.8, 4) is 0 Å². The molecule has 0 amide bonds. The first-order valence-electron chi connectivity index (χ1n) is 6.46. The topological polar surface area (TPSA) is 53.4 Å². The number of pyridine rings is 1. The van der Waals surface area contributed by atoms with Crippen LogP contribution in [0.2, 0.25) is 0 Å². The number of hydrogen-bond acceptors (Lipinski definition) is 3. The number of fused-ring (bicyclic) bond motifs is 1. The molecule has 2 rings (SSSR count). The van der Waals surface area contributed by atoms with Crippen LogP contribution in [-0.4, -0.2) is 28.6 Å². The van der Waals surface area contributed by atoms with E-state index < -0.39 is 5.97 Å². The molecule has 4 nitrogen and oxygen atoms in total. The minimum Gasteiger partial charge on any atom is -0.480 e. The predicted octanol–water partition coefficient (Wildman–Crippen LogP) is 2.92. The van der Waals surface area contributed by atoms with Crippen LogP contribution in [0.4, 0.5) is 5.82 Å². The third kappa shape index (κ3) is 3.02. The minimum absolute atomic E-state index is 0.0274. The molecule has 4 heteroatoms. The zero-order valence-corrected chi connectivity index (χ0v) is 11.2. The summed E-state index contributed by atoms with van der Waals surface area (Å²) in [5, 5.41) is 10.1. The normalized spacial score (nSPS) is 12.3. The first-order chi connectivity index (χ1) is 9.11. The highest BCUT2D eigenvalue weighted by Crippen LogP contribution is 2.20. The Kier molecular flexibility index (Phi) is 4.00. The van der Waals surface area contributed by atoms with E-state index in [9.17, 15) is 4.79 Å². The molecule has 1 aromatic heterocycles. The number of carboxylic acids is 1. The lowest BCUT2D eigenvalue weighted by molar-refractivity contribution is -0.135. The lowest BCUT2D eigenvalue weighted by Gasteiger charge is -2.28. The number of aliphatic carboxylic acids is 1. The molecular formula is C15H18N2O2. The molecule has 1 atom stereocenters. The summed E-state index contributed by atoms with van der Waals surface area (Å²) in [4.78, 5) is 17.4. The molecule has 0 spiro atoms. The molecule has 0 aliphatic rings. The monoisotopic (exact) mass is 258 g/mol. The fourth-order valence-corrected chi connectivity index (χ4v) is 2.04. The van der Waals surface area contributed by atoms with Crippen molar-refractivity contribution in [3.05, 3.63) is 36.4 Å². The van der Waals surface area contributed by atoms with E-state index in [-0.39, 0.29) is 12.6 Å². The Morgan fingerprint density at radius 2 is 2.05 bits per heavy atom. The Labute approximate surface area is 112 Å². The molecule has 0 radical (unpaired) electrons. The molecule has 0 aliphatic carbocycles. The maximum atomic E-state index is 11.0. The molecule has 1 heterocycles. The molecule has 19 heavy (non-hydrogen) atoms. The van der Waals surface area contributed by atoms with Crippen molar-refractivity contribution in [3.63, 3.8) is 0 Å². The van der Waals surface area contributed by atoms with E-state index in [0.29, 0.717) is 0 Å². The molecule has 1 N–H and O–H groups in total. The van der Waals surface area contributed by atoms with Crippen LogP contribution in [0.3, 0.4) is 0 Å². The Hall–Kier alpha value is -2.10. The number of nitrogens with zero attached hydrogens (tertiary/aromatic N) is 2. The van der Waals surface area contributed by atoms with Crippen LogP contribution in [0.5, 0.6) is 0 Å². The van der Waals surface area contributed by atoms with Crippen molar-refractivity contribution in [1.82, 2.24) is 4.98 Å². The van der Waals surface area contributed by atoms with Crippen molar-refractivity contribution in [2.75, 3.05) is 11.4 Å². The lowest BCUT2D eigenvalue weighted by Crippen LogP contribution is -2.37. The van der Waals surface area contributed by atoms with Gasteiger partial charge in [-0.3, -0.25) is 4.79 Å². The second-order valence-corrected chi connectivity index (χ2v) is 4.64. The summed E-state index contributed by atoms with van der Waals surface area (Å²) in [7, 11) is 0. The third-order valence-electron chi connectivity index (χ3n) is 3.31. The van der Waals surface area contributed by atoms with Gasteiger partial charge in [-0.15, -0.1) is 0 Å². The zero-order valence-electron chi connectivity index (χ0n) is 11.2. The van der Waals surface area contributed by atoms with E-state index in [0.717, 1.165) is 23.1 Å². The molecule has 0 saturated heterocycles. The highest BCUT2D eigenvalue weighted by molar-refractivity contribution is 5.81. The summed E-state index contributed by atoms with van der Waals surface area (Å²) in [5.74, 6) is -0.120. The van der Waals surface area contributed by atoms with E-state index in [1.807, 2.05) is 55.1 Å². The molecule has 100 valence electrons. The van der Waals surface area contributed by atoms with Crippen LogP contribution in [0, 0.1) is 0 Å². The van der Waals surface area contributed by atoms with Crippen molar-refractivity contribution in [2.24, 2.45) is 0 Å². The van der Waals surface area contributed by atoms with E-state index in [4.69, 9.17) is 5.11 Å². The van der Waals surface area contributed by atoms with Gasteiger partial charge in [-0.1, -0.05) is 25.1 Å². The molecule has 0 saturated carbocycles. The van der Waals surface area contributed by atoms with E-state index >= 15 is 0 Å². The van der Waals surface area contributed by atoms with Crippen LogP contribution < -0.4 is 4.90 Å². The van der Waals surface area contributed by atoms with Gasteiger partial charge in [-0.05, 0) is 31.5 Å². The van der Waals surface area contributed by atoms with Gasteiger partial charge in [0.2, 0.25) is 0 Å². The maximum Gasteiger partial charge on any atom is 0.323 e. The number of carboxylic acid groups (broad SMARTS) is 1. The third-order valence-corrected chi connectivity index (χ3v) is 3.31. The van der Waals surface area contributed by atoms with Crippen molar-refractivity contribution < 1.29 is 9.90 Å². The Morgan fingerprint density at radius 1 is 1.32 bits per heavy atom. The van der Waals surface area contributed by atoms with E-state index in [1.54, 1.807) is 0 Å². The predicted molar refractivity (Wildman–Crippen MR) is 76.5 cm³/mol. The highest BCUT2D eigenvalue weighted by atomic mass is 16.4. The van der Waals surface area contributed by atoms with E-state index in [2.05, 4.69) is 4.98 Å². The smallest absolute Gasteiger partial charge is 0.323 e. The Bertz CT molecular complexity index is 583. The van der Waals surface area contributed by atoms with E-state index in [1.165, 1.54) is 0 Å². The number of hydrogen-bond donors (Lipinski definition) is 1. The van der Waals surface area contributed by atoms with Crippen molar-refractivity contribution in [1.29, 1.82) is 0 Å². The van der Waals surface area contributed by atoms with Gasteiger partial charge in [0, 0.05) is 11.4 Å². The molecule has 0 fully saturated rings. The van der Waals surface area contributed by atoms with Gasteiger partial charge in [0.1, 0.15) is 12.4 Å². The molecule has 0 bridgehead atoms. The van der Waals surface area contributed by atoms with Gasteiger partial charge >= 0.3 is 5.97 Å². The standard InChI is InChI=1S/C15H18N2O2/c1-3-11(2)17(10-15(18)19)14-9-8-12-6-4-5-7-13(12)16-14/h4-9,11H,3,10H2,1-2H3,(H,18,19). The largest absolute Gasteiger partial charge is 0.480 e. The van der Waals surface area contributed by atoms with Gasteiger partial charge in [-0.25, -0.2) is 4.98 Å². The Balaban J connectivity index is 2.40. The van der Waals surface area contributed by atoms with Crippen molar-refractivity contribution in [2.45, 2.75) is 26.3 Å². The summed E-state index contributed by atoms with van der Waals surface area (Å²) in [6.45, 7) is 4.03. The SMILES string of the molecule is CCC(C)N(CC(=O)O)c1ccc2ccccc2n1. The summed E-state index contributed by atoms with van der Waals surface area (Å²) < 4.78 is 0. The van der Waals surface area contributed by atoms with Gasteiger partial charge in [0.05, 0.1) is 5.52 Å². The summed E-state index contributed by atoms with van der Waals surface area (Å²) in [5.41, 5.74) is 0.888. The molecule has 1 unspecified atom stereocenters. The minimum atomic E-state index is -0.838. The fraction of sp³-hybridized carbons (Fsp3) is 0.333. The van der Waals surface area contributed by atoms with Crippen molar-refractivity contribution >= 4 is 22.7 Å². The van der Waals surface area contributed by atoms with Crippen LogP contribution >= 0.6 is 0 Å². The number of para-hydroxylation sites is 1. The average Bonchev–Trinajstić information content (AvgIpc) is 2.43.